The molecular weight excluding hydrogens is 324 g/mol. The van der Waals surface area contributed by atoms with Crippen LogP contribution in [0.25, 0.3) is 10.8 Å². The minimum atomic E-state index is -0.179. The van der Waals surface area contributed by atoms with Crippen LogP contribution < -0.4 is 11.2 Å². The standard InChI is InChI=1S/C18H16N4O.ClH/c1-12-3-2-8-20-17(12)22-18(23)16-7-6-14-9-13(11-21-19)4-5-15(14)10-16;/h2-11H,19H2,1H3,(H,20,22,23);1H. The van der Waals surface area contributed by atoms with Crippen molar-refractivity contribution in [3.63, 3.8) is 0 Å². The molecule has 0 aliphatic rings. The Labute approximate surface area is 146 Å². The number of anilines is 1. The first-order valence-corrected chi connectivity index (χ1v) is 7.17. The summed E-state index contributed by atoms with van der Waals surface area (Å²) < 4.78 is 0. The highest BCUT2D eigenvalue weighted by molar-refractivity contribution is 6.06. The van der Waals surface area contributed by atoms with E-state index in [0.717, 1.165) is 21.9 Å². The van der Waals surface area contributed by atoms with Gasteiger partial charge in [-0.25, -0.2) is 4.98 Å². The van der Waals surface area contributed by atoms with E-state index in [-0.39, 0.29) is 18.3 Å². The average Bonchev–Trinajstić information content (AvgIpc) is 2.56. The van der Waals surface area contributed by atoms with Gasteiger partial charge in [-0.1, -0.05) is 24.3 Å². The number of hydrogen-bond donors (Lipinski definition) is 2. The number of rotatable bonds is 3. The molecule has 1 amide bonds. The molecule has 0 unspecified atom stereocenters. The zero-order valence-electron chi connectivity index (χ0n) is 13.1. The predicted molar refractivity (Wildman–Crippen MR) is 99.9 cm³/mol. The molecule has 5 nitrogen and oxygen atoms in total. The van der Waals surface area contributed by atoms with Crippen LogP contribution in [0.15, 0.2) is 59.8 Å². The van der Waals surface area contributed by atoms with Crippen molar-refractivity contribution in [2.75, 3.05) is 5.32 Å². The largest absolute Gasteiger partial charge is 0.323 e. The Bertz CT molecular complexity index is 908. The van der Waals surface area contributed by atoms with Gasteiger partial charge in [-0.2, -0.15) is 5.10 Å². The van der Waals surface area contributed by atoms with Crippen molar-refractivity contribution in [3.8, 4) is 0 Å². The second kappa shape index (κ2) is 7.57. The number of nitrogens with two attached hydrogens (primary N) is 1. The van der Waals surface area contributed by atoms with Crippen LogP contribution in [0, 0.1) is 6.92 Å². The quantitative estimate of drug-likeness (QED) is 0.435. The molecule has 3 N–H and O–H groups in total. The summed E-state index contributed by atoms with van der Waals surface area (Å²) in [6.07, 6.45) is 3.24. The van der Waals surface area contributed by atoms with E-state index in [0.29, 0.717) is 11.4 Å². The highest BCUT2D eigenvalue weighted by atomic mass is 35.5. The van der Waals surface area contributed by atoms with Crippen molar-refractivity contribution in [2.24, 2.45) is 10.9 Å². The molecular formula is C18H17ClN4O. The van der Waals surface area contributed by atoms with Crippen molar-refractivity contribution in [1.29, 1.82) is 0 Å². The molecule has 122 valence electrons. The SMILES string of the molecule is Cc1cccnc1NC(=O)c1ccc2cc(C=NN)ccc2c1.Cl. The number of carbonyl (C=O) groups is 1. The van der Waals surface area contributed by atoms with Gasteiger partial charge in [0, 0.05) is 11.8 Å². The Morgan fingerprint density at radius 1 is 1.17 bits per heavy atom. The lowest BCUT2D eigenvalue weighted by atomic mass is 10.0. The van der Waals surface area contributed by atoms with Gasteiger partial charge in [-0.05, 0) is 53.1 Å². The molecule has 6 heteroatoms. The van der Waals surface area contributed by atoms with Crippen molar-refractivity contribution in [1.82, 2.24) is 4.98 Å². The number of nitrogens with one attached hydrogen (secondary N) is 1. The van der Waals surface area contributed by atoms with Gasteiger partial charge in [0.2, 0.25) is 0 Å². The molecule has 3 rings (SSSR count). The number of halogens is 1. The zero-order valence-corrected chi connectivity index (χ0v) is 13.9. The van der Waals surface area contributed by atoms with Gasteiger partial charge in [-0.3, -0.25) is 4.79 Å². The number of amides is 1. The van der Waals surface area contributed by atoms with Gasteiger partial charge in [0.25, 0.3) is 5.91 Å². The van der Waals surface area contributed by atoms with Crippen LogP contribution >= 0.6 is 12.4 Å². The maximum atomic E-state index is 12.4. The molecule has 0 saturated heterocycles. The van der Waals surface area contributed by atoms with Crippen molar-refractivity contribution < 1.29 is 4.79 Å². The molecule has 3 aromatic rings. The molecule has 1 heterocycles. The lowest BCUT2D eigenvalue weighted by Gasteiger charge is -2.08. The van der Waals surface area contributed by atoms with Crippen LogP contribution in [-0.2, 0) is 0 Å². The highest BCUT2D eigenvalue weighted by Gasteiger charge is 2.09. The molecule has 0 fully saturated rings. The van der Waals surface area contributed by atoms with E-state index in [2.05, 4.69) is 15.4 Å². The Morgan fingerprint density at radius 2 is 1.92 bits per heavy atom. The third-order valence-electron chi connectivity index (χ3n) is 3.59. The zero-order chi connectivity index (χ0) is 16.2. The highest BCUT2D eigenvalue weighted by Crippen LogP contribution is 2.19. The van der Waals surface area contributed by atoms with Crippen LogP contribution in [0.1, 0.15) is 21.5 Å². The number of nitrogens with zero attached hydrogens (tertiary/aromatic N) is 2. The number of benzene rings is 2. The average molecular weight is 341 g/mol. The molecule has 0 aliphatic heterocycles. The number of hydrazone groups is 1. The summed E-state index contributed by atoms with van der Waals surface area (Å²) in [7, 11) is 0. The summed E-state index contributed by atoms with van der Waals surface area (Å²) in [6, 6.07) is 15.1. The van der Waals surface area contributed by atoms with Gasteiger partial charge in [0.15, 0.2) is 0 Å². The number of fused-ring (bicyclic) bond motifs is 1. The van der Waals surface area contributed by atoms with Gasteiger partial charge in [-0.15, -0.1) is 12.4 Å². The van der Waals surface area contributed by atoms with Crippen LogP contribution in [0.2, 0.25) is 0 Å². The maximum absolute atomic E-state index is 12.4. The Balaban J connectivity index is 0.00000208. The first-order valence-electron chi connectivity index (χ1n) is 7.17. The predicted octanol–water partition coefficient (Wildman–Crippen LogP) is 3.51. The summed E-state index contributed by atoms with van der Waals surface area (Å²) in [6.45, 7) is 1.91. The van der Waals surface area contributed by atoms with E-state index in [9.17, 15) is 4.79 Å². The molecule has 0 atom stereocenters. The van der Waals surface area contributed by atoms with E-state index in [1.807, 2.05) is 49.4 Å². The second-order valence-corrected chi connectivity index (χ2v) is 5.22. The number of aromatic nitrogens is 1. The normalized spacial score (nSPS) is 10.5. The first-order chi connectivity index (χ1) is 11.2. The maximum Gasteiger partial charge on any atom is 0.256 e. The third-order valence-corrected chi connectivity index (χ3v) is 3.59. The summed E-state index contributed by atoms with van der Waals surface area (Å²) in [5.41, 5.74) is 2.43. The minimum Gasteiger partial charge on any atom is -0.323 e. The van der Waals surface area contributed by atoms with Crippen molar-refractivity contribution >= 4 is 41.1 Å². The number of aryl methyl sites for hydroxylation is 1. The number of hydrogen-bond acceptors (Lipinski definition) is 4. The molecule has 0 saturated carbocycles. The Morgan fingerprint density at radius 3 is 2.67 bits per heavy atom. The Kier molecular flexibility index (Phi) is 5.50. The molecule has 0 bridgehead atoms. The van der Waals surface area contributed by atoms with E-state index in [1.54, 1.807) is 18.5 Å². The van der Waals surface area contributed by atoms with Crippen LogP contribution in [0.5, 0.6) is 0 Å². The van der Waals surface area contributed by atoms with Gasteiger partial charge >= 0.3 is 0 Å². The second-order valence-electron chi connectivity index (χ2n) is 5.22. The van der Waals surface area contributed by atoms with E-state index in [1.165, 1.54) is 0 Å². The topological polar surface area (TPSA) is 80.4 Å². The number of carbonyl (C=O) groups excluding carboxylic acids is 1. The summed E-state index contributed by atoms with van der Waals surface area (Å²) in [5.74, 6) is 5.56. The van der Waals surface area contributed by atoms with E-state index < -0.39 is 0 Å². The van der Waals surface area contributed by atoms with Crippen LogP contribution in [0.4, 0.5) is 5.82 Å². The van der Waals surface area contributed by atoms with Gasteiger partial charge in [0.1, 0.15) is 5.82 Å². The molecule has 0 radical (unpaired) electrons. The van der Waals surface area contributed by atoms with Crippen molar-refractivity contribution in [2.45, 2.75) is 6.92 Å². The monoisotopic (exact) mass is 340 g/mol. The van der Waals surface area contributed by atoms with E-state index >= 15 is 0 Å². The lowest BCUT2D eigenvalue weighted by Crippen LogP contribution is -2.13. The minimum absolute atomic E-state index is 0. The molecule has 24 heavy (non-hydrogen) atoms. The Hall–Kier alpha value is -2.92. The fourth-order valence-electron chi connectivity index (χ4n) is 2.37. The van der Waals surface area contributed by atoms with E-state index in [4.69, 9.17) is 5.84 Å². The summed E-state index contributed by atoms with van der Waals surface area (Å²) in [5, 5.41) is 8.35. The van der Waals surface area contributed by atoms with Gasteiger partial charge in [0.05, 0.1) is 6.21 Å². The molecule has 1 aromatic heterocycles. The van der Waals surface area contributed by atoms with Crippen LogP contribution in [0.3, 0.4) is 0 Å². The molecule has 2 aromatic carbocycles. The smallest absolute Gasteiger partial charge is 0.256 e. The summed E-state index contributed by atoms with van der Waals surface area (Å²) in [4.78, 5) is 16.6. The van der Waals surface area contributed by atoms with Gasteiger partial charge < -0.3 is 11.2 Å². The number of pyridine rings is 1. The molecule has 0 spiro atoms. The fourth-order valence-corrected chi connectivity index (χ4v) is 2.37. The first kappa shape index (κ1) is 17.4. The summed E-state index contributed by atoms with van der Waals surface area (Å²) >= 11 is 0. The van der Waals surface area contributed by atoms with Crippen molar-refractivity contribution in [3.05, 3.63) is 71.4 Å². The lowest BCUT2D eigenvalue weighted by molar-refractivity contribution is 0.102. The van der Waals surface area contributed by atoms with Crippen LogP contribution in [-0.4, -0.2) is 17.1 Å². The molecule has 0 aliphatic carbocycles. The fraction of sp³-hybridized carbons (Fsp3) is 0.0556. The third kappa shape index (κ3) is 3.70.